The van der Waals surface area contributed by atoms with Gasteiger partial charge in [-0.1, -0.05) is 35.9 Å². The summed E-state index contributed by atoms with van der Waals surface area (Å²) in [6, 6.07) is 14.9. The zero-order valence-corrected chi connectivity index (χ0v) is 14.7. The lowest BCUT2D eigenvalue weighted by atomic mass is 10.1. The molecule has 0 fully saturated rings. The van der Waals surface area contributed by atoms with Crippen LogP contribution in [0, 0.1) is 6.92 Å². The Morgan fingerprint density at radius 3 is 2.20 bits per heavy atom. The first-order valence-corrected chi connectivity index (χ1v) is 9.16. The highest BCUT2D eigenvalue weighted by Gasteiger charge is 2.13. The van der Waals surface area contributed by atoms with Crippen LogP contribution in [0.4, 0.5) is 0 Å². The van der Waals surface area contributed by atoms with E-state index in [0.29, 0.717) is 5.56 Å². The maximum Gasteiger partial charge on any atom is 0.338 e. The minimum absolute atomic E-state index is 0.0775. The van der Waals surface area contributed by atoms with Crippen molar-refractivity contribution in [3.8, 4) is 0 Å². The van der Waals surface area contributed by atoms with Crippen LogP contribution in [-0.4, -0.2) is 40.8 Å². The van der Waals surface area contributed by atoms with Gasteiger partial charge in [0.2, 0.25) is 0 Å². The summed E-state index contributed by atoms with van der Waals surface area (Å²) in [5.74, 6) is -0.425. The summed E-state index contributed by atoms with van der Waals surface area (Å²) in [7, 11) is -3.77. The van der Waals surface area contributed by atoms with Crippen molar-refractivity contribution in [1.82, 2.24) is 0 Å². The van der Waals surface area contributed by atoms with E-state index in [2.05, 4.69) is 0 Å². The number of benzene rings is 2. The SMILES string of the molecule is Cc1ccc(C(=O)OCCOCCOS(=O)(=O)c2ccccc2)cc1. The van der Waals surface area contributed by atoms with Crippen molar-refractivity contribution >= 4 is 16.1 Å². The normalized spacial score (nSPS) is 11.2. The Labute approximate surface area is 147 Å². The second-order valence-corrected chi connectivity index (χ2v) is 6.82. The molecule has 0 amide bonds. The summed E-state index contributed by atoms with van der Waals surface area (Å²) in [6.07, 6.45) is 0. The van der Waals surface area contributed by atoms with Crippen LogP contribution < -0.4 is 0 Å². The molecular weight excluding hydrogens is 344 g/mol. The van der Waals surface area contributed by atoms with Crippen molar-refractivity contribution in [2.24, 2.45) is 0 Å². The van der Waals surface area contributed by atoms with E-state index >= 15 is 0 Å². The van der Waals surface area contributed by atoms with Gasteiger partial charge in [0.1, 0.15) is 6.61 Å². The molecule has 2 rings (SSSR count). The van der Waals surface area contributed by atoms with E-state index in [0.717, 1.165) is 5.56 Å². The van der Waals surface area contributed by atoms with E-state index in [1.807, 2.05) is 19.1 Å². The molecule has 7 heteroatoms. The Balaban J connectivity index is 1.61. The minimum atomic E-state index is -3.77. The third-order valence-electron chi connectivity index (χ3n) is 3.25. The molecule has 0 aliphatic heterocycles. The molecular formula is C18H20O6S. The zero-order valence-electron chi connectivity index (χ0n) is 13.9. The van der Waals surface area contributed by atoms with Gasteiger partial charge in [-0.25, -0.2) is 4.79 Å². The number of esters is 1. The van der Waals surface area contributed by atoms with Gasteiger partial charge in [-0.15, -0.1) is 0 Å². The van der Waals surface area contributed by atoms with Crippen LogP contribution in [0.5, 0.6) is 0 Å². The Bertz CT molecular complexity index is 769. The summed E-state index contributed by atoms with van der Waals surface area (Å²) >= 11 is 0. The van der Waals surface area contributed by atoms with Crippen LogP contribution in [0.15, 0.2) is 59.5 Å². The van der Waals surface area contributed by atoms with Crippen LogP contribution in [-0.2, 0) is 23.8 Å². The average molecular weight is 364 g/mol. The first-order chi connectivity index (χ1) is 12.0. The van der Waals surface area contributed by atoms with Crippen molar-refractivity contribution in [2.45, 2.75) is 11.8 Å². The van der Waals surface area contributed by atoms with Gasteiger partial charge in [0.05, 0.1) is 30.3 Å². The fourth-order valence-electron chi connectivity index (χ4n) is 1.93. The molecule has 0 atom stereocenters. The molecule has 0 bridgehead atoms. The van der Waals surface area contributed by atoms with E-state index < -0.39 is 16.1 Å². The quantitative estimate of drug-likeness (QED) is 0.387. The highest BCUT2D eigenvalue weighted by molar-refractivity contribution is 7.86. The topological polar surface area (TPSA) is 78.9 Å². The molecule has 0 aromatic heterocycles. The van der Waals surface area contributed by atoms with E-state index in [-0.39, 0.29) is 31.3 Å². The van der Waals surface area contributed by atoms with Crippen molar-refractivity contribution in [1.29, 1.82) is 0 Å². The summed E-state index contributed by atoms with van der Waals surface area (Å²) in [6.45, 7) is 2.14. The largest absolute Gasteiger partial charge is 0.460 e. The summed E-state index contributed by atoms with van der Waals surface area (Å²) in [5, 5.41) is 0. The first-order valence-electron chi connectivity index (χ1n) is 7.75. The molecule has 0 aliphatic rings. The van der Waals surface area contributed by atoms with E-state index in [9.17, 15) is 13.2 Å². The predicted molar refractivity (Wildman–Crippen MR) is 91.9 cm³/mol. The van der Waals surface area contributed by atoms with E-state index in [1.54, 1.807) is 30.3 Å². The lowest BCUT2D eigenvalue weighted by Crippen LogP contribution is -2.15. The van der Waals surface area contributed by atoms with Crippen LogP contribution >= 0.6 is 0 Å². The van der Waals surface area contributed by atoms with Crippen LogP contribution in [0.2, 0.25) is 0 Å². The predicted octanol–water partition coefficient (Wildman–Crippen LogP) is 2.57. The highest BCUT2D eigenvalue weighted by Crippen LogP contribution is 2.10. The van der Waals surface area contributed by atoms with Crippen molar-refractivity contribution in [2.75, 3.05) is 26.4 Å². The molecule has 6 nitrogen and oxygen atoms in total. The Morgan fingerprint density at radius 2 is 1.52 bits per heavy atom. The summed E-state index contributed by atoms with van der Waals surface area (Å²) in [5.41, 5.74) is 1.54. The van der Waals surface area contributed by atoms with Crippen molar-refractivity contribution < 1.29 is 26.9 Å². The van der Waals surface area contributed by atoms with Gasteiger partial charge >= 0.3 is 5.97 Å². The molecule has 0 radical (unpaired) electrons. The maximum absolute atomic E-state index is 11.8. The van der Waals surface area contributed by atoms with Gasteiger partial charge in [-0.2, -0.15) is 8.42 Å². The van der Waals surface area contributed by atoms with Gasteiger partial charge in [0.25, 0.3) is 10.1 Å². The van der Waals surface area contributed by atoms with Gasteiger partial charge in [-0.05, 0) is 31.2 Å². The first kappa shape index (κ1) is 19.1. The number of hydrogen-bond acceptors (Lipinski definition) is 6. The monoisotopic (exact) mass is 364 g/mol. The number of hydrogen-bond donors (Lipinski definition) is 0. The molecule has 25 heavy (non-hydrogen) atoms. The van der Waals surface area contributed by atoms with E-state index in [1.165, 1.54) is 12.1 Å². The molecule has 0 unspecified atom stereocenters. The van der Waals surface area contributed by atoms with Crippen molar-refractivity contribution in [3.05, 3.63) is 65.7 Å². The molecule has 0 saturated carbocycles. The van der Waals surface area contributed by atoms with E-state index in [4.69, 9.17) is 13.7 Å². The molecule has 0 aliphatic carbocycles. The second-order valence-electron chi connectivity index (χ2n) is 5.20. The fraction of sp³-hybridized carbons (Fsp3) is 0.278. The number of rotatable bonds is 9. The van der Waals surface area contributed by atoms with Gasteiger partial charge in [0, 0.05) is 0 Å². The minimum Gasteiger partial charge on any atom is -0.460 e. The van der Waals surface area contributed by atoms with Crippen LogP contribution in [0.3, 0.4) is 0 Å². The fourth-order valence-corrected chi connectivity index (χ4v) is 2.84. The van der Waals surface area contributed by atoms with Gasteiger partial charge in [0.15, 0.2) is 0 Å². The molecule has 0 N–H and O–H groups in total. The molecule has 2 aromatic rings. The Hall–Kier alpha value is -2.22. The van der Waals surface area contributed by atoms with Crippen LogP contribution in [0.1, 0.15) is 15.9 Å². The number of carbonyl (C=O) groups is 1. The Kier molecular flexibility index (Phi) is 7.12. The molecule has 134 valence electrons. The third kappa shape index (κ3) is 6.30. The molecule has 0 spiro atoms. The molecule has 2 aromatic carbocycles. The number of aryl methyl sites for hydroxylation is 1. The molecule has 0 heterocycles. The van der Waals surface area contributed by atoms with Crippen molar-refractivity contribution in [3.63, 3.8) is 0 Å². The van der Waals surface area contributed by atoms with Gasteiger partial charge < -0.3 is 9.47 Å². The third-order valence-corrected chi connectivity index (χ3v) is 4.57. The standard InChI is InChI=1S/C18H20O6S/c1-15-7-9-16(10-8-15)18(19)23-13-11-22-12-14-24-25(20,21)17-5-3-2-4-6-17/h2-10H,11-14H2,1H3. The summed E-state index contributed by atoms with van der Waals surface area (Å²) < 4.78 is 38.8. The molecule has 0 saturated heterocycles. The van der Waals surface area contributed by atoms with Gasteiger partial charge in [-0.3, -0.25) is 4.18 Å². The smallest absolute Gasteiger partial charge is 0.338 e. The maximum atomic E-state index is 11.8. The second kappa shape index (κ2) is 9.31. The average Bonchev–Trinajstić information content (AvgIpc) is 2.62. The Morgan fingerprint density at radius 1 is 0.880 bits per heavy atom. The highest BCUT2D eigenvalue weighted by atomic mass is 32.2. The lowest BCUT2D eigenvalue weighted by Gasteiger charge is -2.07. The summed E-state index contributed by atoms with van der Waals surface area (Å²) in [4.78, 5) is 11.9. The number of ether oxygens (including phenoxy) is 2. The zero-order chi connectivity index (χ0) is 18.1. The lowest BCUT2D eigenvalue weighted by molar-refractivity contribution is 0.0277. The van der Waals surface area contributed by atoms with Crippen LogP contribution in [0.25, 0.3) is 0 Å². The number of carbonyl (C=O) groups excluding carboxylic acids is 1.